The van der Waals surface area contributed by atoms with Crippen molar-refractivity contribution in [3.8, 4) is 0 Å². The maximum atomic E-state index is 12.8. The van der Waals surface area contributed by atoms with Crippen LogP contribution in [-0.4, -0.2) is 54.0 Å². The molecule has 0 radical (unpaired) electrons. The van der Waals surface area contributed by atoms with Crippen molar-refractivity contribution in [3.63, 3.8) is 0 Å². The normalized spacial score (nSPS) is 26.7. The highest BCUT2D eigenvalue weighted by molar-refractivity contribution is 5.85. The van der Waals surface area contributed by atoms with Crippen LogP contribution in [-0.2, 0) is 20.7 Å². The molecule has 0 aliphatic carbocycles. The largest absolute Gasteiger partial charge is 0.377 e. The van der Waals surface area contributed by atoms with Crippen LogP contribution in [0.25, 0.3) is 0 Å². The number of rotatable bonds is 4. The zero-order valence-electron chi connectivity index (χ0n) is 13.5. The molecular weight excluding hydrogens is 294 g/mol. The lowest BCUT2D eigenvalue weighted by atomic mass is 9.75. The zero-order chi connectivity index (χ0) is 16.3. The van der Waals surface area contributed by atoms with Gasteiger partial charge in [-0.15, -0.1) is 0 Å². The van der Waals surface area contributed by atoms with E-state index >= 15 is 0 Å². The van der Waals surface area contributed by atoms with Gasteiger partial charge in [-0.2, -0.15) is 0 Å². The monoisotopic (exact) mass is 317 g/mol. The number of hydrogen-bond donors (Lipinski definition) is 1. The molecular formula is C17H23N3O3. The van der Waals surface area contributed by atoms with Crippen molar-refractivity contribution in [1.29, 1.82) is 0 Å². The van der Waals surface area contributed by atoms with Crippen molar-refractivity contribution in [1.82, 2.24) is 15.2 Å². The molecule has 6 nitrogen and oxygen atoms in total. The first-order chi connectivity index (χ1) is 11.1. The summed E-state index contributed by atoms with van der Waals surface area (Å²) in [6.07, 6.45) is 3.78. The predicted molar refractivity (Wildman–Crippen MR) is 84.6 cm³/mol. The van der Waals surface area contributed by atoms with Crippen LogP contribution in [0, 0.1) is 5.41 Å². The molecule has 23 heavy (non-hydrogen) atoms. The minimum atomic E-state index is -0.589. The molecule has 3 heterocycles. The van der Waals surface area contributed by atoms with E-state index in [-0.39, 0.29) is 17.9 Å². The minimum Gasteiger partial charge on any atom is -0.377 e. The van der Waals surface area contributed by atoms with E-state index in [4.69, 9.17) is 4.74 Å². The number of nitrogens with zero attached hydrogens (tertiary/aromatic N) is 2. The number of ether oxygens (including phenoxy) is 1. The van der Waals surface area contributed by atoms with Gasteiger partial charge in [0.15, 0.2) is 0 Å². The number of piperidine rings is 1. The van der Waals surface area contributed by atoms with E-state index in [9.17, 15) is 9.59 Å². The summed E-state index contributed by atoms with van der Waals surface area (Å²) in [5.41, 5.74) is 0.368. The van der Waals surface area contributed by atoms with Gasteiger partial charge in [0.1, 0.15) is 0 Å². The number of aromatic nitrogens is 1. The van der Waals surface area contributed by atoms with E-state index in [1.807, 2.05) is 18.2 Å². The van der Waals surface area contributed by atoms with Crippen molar-refractivity contribution < 1.29 is 14.3 Å². The molecule has 2 aliphatic heterocycles. The first-order valence-corrected chi connectivity index (χ1v) is 8.17. The molecule has 1 aromatic heterocycles. The Labute approximate surface area is 136 Å². The second kappa shape index (κ2) is 6.66. The van der Waals surface area contributed by atoms with E-state index in [0.29, 0.717) is 39.1 Å². The molecule has 0 aromatic carbocycles. The Kier molecular flexibility index (Phi) is 4.61. The topological polar surface area (TPSA) is 71.5 Å². The number of fused-ring (bicyclic) bond motifs is 1. The lowest BCUT2D eigenvalue weighted by Crippen LogP contribution is -2.58. The number of pyridine rings is 1. The van der Waals surface area contributed by atoms with Crippen LogP contribution >= 0.6 is 0 Å². The molecule has 1 N–H and O–H groups in total. The molecule has 0 unspecified atom stereocenters. The third-order valence-corrected chi connectivity index (χ3v) is 4.91. The molecule has 6 heteroatoms. The van der Waals surface area contributed by atoms with Gasteiger partial charge in [0.05, 0.1) is 11.5 Å². The zero-order valence-corrected chi connectivity index (χ0v) is 13.5. The SMILES string of the molecule is CC(=O)N1CC[C@H]2OCC[C@]2(C(=O)NCCc2ccccn2)C1. The van der Waals surface area contributed by atoms with Gasteiger partial charge in [-0.3, -0.25) is 14.6 Å². The fourth-order valence-corrected chi connectivity index (χ4v) is 3.56. The summed E-state index contributed by atoms with van der Waals surface area (Å²) in [5.74, 6) is 0.0258. The van der Waals surface area contributed by atoms with E-state index in [2.05, 4.69) is 10.3 Å². The predicted octanol–water partition coefficient (Wildman–Crippen LogP) is 0.768. The van der Waals surface area contributed by atoms with Crippen LogP contribution < -0.4 is 5.32 Å². The highest BCUT2D eigenvalue weighted by atomic mass is 16.5. The third-order valence-electron chi connectivity index (χ3n) is 4.91. The maximum Gasteiger partial charge on any atom is 0.230 e. The summed E-state index contributed by atoms with van der Waals surface area (Å²) in [6, 6.07) is 5.76. The fraction of sp³-hybridized carbons (Fsp3) is 0.588. The number of hydrogen-bond acceptors (Lipinski definition) is 4. The number of carbonyl (C=O) groups is 2. The van der Waals surface area contributed by atoms with E-state index in [0.717, 1.165) is 12.1 Å². The van der Waals surface area contributed by atoms with Gasteiger partial charge in [-0.05, 0) is 25.0 Å². The molecule has 0 saturated carbocycles. The van der Waals surface area contributed by atoms with Crippen molar-refractivity contribution in [2.75, 3.05) is 26.2 Å². The maximum absolute atomic E-state index is 12.8. The number of likely N-dealkylation sites (tertiary alicyclic amines) is 1. The average Bonchev–Trinajstić information content (AvgIpc) is 3.00. The molecule has 0 bridgehead atoms. The number of amides is 2. The standard InChI is InChI=1S/C17H23N3O3/c1-13(21)20-10-6-15-17(12-20,7-11-23-15)16(22)19-9-5-14-4-2-3-8-18-14/h2-4,8,15H,5-7,9-12H2,1H3,(H,19,22)/t15-,17+/m1/s1. The van der Waals surface area contributed by atoms with Gasteiger partial charge >= 0.3 is 0 Å². The smallest absolute Gasteiger partial charge is 0.230 e. The van der Waals surface area contributed by atoms with Crippen LogP contribution in [0.15, 0.2) is 24.4 Å². The Bertz CT molecular complexity index is 578. The van der Waals surface area contributed by atoms with E-state index in [1.54, 1.807) is 18.0 Å². The van der Waals surface area contributed by atoms with Gasteiger partial charge in [-0.25, -0.2) is 0 Å². The van der Waals surface area contributed by atoms with Gasteiger partial charge in [0.25, 0.3) is 0 Å². The summed E-state index contributed by atoms with van der Waals surface area (Å²) < 4.78 is 5.76. The van der Waals surface area contributed by atoms with Gasteiger partial charge < -0.3 is 15.0 Å². The van der Waals surface area contributed by atoms with Crippen LogP contribution in [0.3, 0.4) is 0 Å². The highest BCUT2D eigenvalue weighted by Crippen LogP contribution is 2.41. The van der Waals surface area contributed by atoms with E-state index in [1.165, 1.54) is 0 Å². The van der Waals surface area contributed by atoms with Crippen LogP contribution in [0.4, 0.5) is 0 Å². The summed E-state index contributed by atoms with van der Waals surface area (Å²) >= 11 is 0. The van der Waals surface area contributed by atoms with E-state index < -0.39 is 5.41 Å². The molecule has 124 valence electrons. The summed E-state index contributed by atoms with van der Waals surface area (Å²) in [7, 11) is 0. The number of carbonyl (C=O) groups excluding carboxylic acids is 2. The van der Waals surface area contributed by atoms with Crippen LogP contribution in [0.1, 0.15) is 25.5 Å². The Hall–Kier alpha value is -1.95. The molecule has 2 atom stereocenters. The summed E-state index contributed by atoms with van der Waals surface area (Å²) in [4.78, 5) is 30.5. The fourth-order valence-electron chi connectivity index (χ4n) is 3.56. The first kappa shape index (κ1) is 15.9. The molecule has 0 spiro atoms. The Morgan fingerprint density at radius 2 is 2.35 bits per heavy atom. The first-order valence-electron chi connectivity index (χ1n) is 8.17. The van der Waals surface area contributed by atoms with Gasteiger partial charge in [0, 0.05) is 51.5 Å². The number of nitrogens with one attached hydrogen (secondary N) is 1. The van der Waals surface area contributed by atoms with Crippen molar-refractivity contribution in [2.24, 2.45) is 5.41 Å². The van der Waals surface area contributed by atoms with Crippen LogP contribution in [0.2, 0.25) is 0 Å². The average molecular weight is 317 g/mol. The molecule has 2 aliphatic rings. The lowest BCUT2D eigenvalue weighted by molar-refractivity contribution is -0.145. The van der Waals surface area contributed by atoms with Crippen molar-refractivity contribution >= 4 is 11.8 Å². The Balaban J connectivity index is 1.62. The Morgan fingerprint density at radius 3 is 3.09 bits per heavy atom. The third kappa shape index (κ3) is 3.22. The molecule has 2 amide bonds. The lowest BCUT2D eigenvalue weighted by Gasteiger charge is -2.42. The molecule has 2 saturated heterocycles. The second-order valence-electron chi connectivity index (χ2n) is 6.32. The van der Waals surface area contributed by atoms with Crippen LogP contribution in [0.5, 0.6) is 0 Å². The minimum absolute atomic E-state index is 0.00174. The van der Waals surface area contributed by atoms with Gasteiger partial charge in [-0.1, -0.05) is 6.07 Å². The second-order valence-corrected chi connectivity index (χ2v) is 6.32. The van der Waals surface area contributed by atoms with Crippen molar-refractivity contribution in [2.45, 2.75) is 32.3 Å². The van der Waals surface area contributed by atoms with Gasteiger partial charge in [0.2, 0.25) is 11.8 Å². The molecule has 3 rings (SSSR count). The summed E-state index contributed by atoms with van der Waals surface area (Å²) in [6.45, 7) is 3.82. The molecule has 1 aromatic rings. The van der Waals surface area contributed by atoms with Crippen molar-refractivity contribution in [3.05, 3.63) is 30.1 Å². The quantitative estimate of drug-likeness (QED) is 0.890. The molecule has 2 fully saturated rings. The summed E-state index contributed by atoms with van der Waals surface area (Å²) in [5, 5.41) is 3.03. The highest BCUT2D eigenvalue weighted by Gasteiger charge is 2.53. The Morgan fingerprint density at radius 1 is 1.48 bits per heavy atom.